The Hall–Kier alpha value is -2.50. The van der Waals surface area contributed by atoms with Gasteiger partial charge in [0.05, 0.1) is 30.2 Å². The molecule has 168 valence electrons. The van der Waals surface area contributed by atoms with Gasteiger partial charge in [-0.15, -0.1) is 11.3 Å². The predicted molar refractivity (Wildman–Crippen MR) is 123 cm³/mol. The number of para-hydroxylation sites is 1. The standard InChI is InChI=1S/C21H20ClN3O5S2/c1-14-16(20(22)25(23-14)15-5-3-2-4-6-15)13-17(21(26)27)18-7-8-19(31-18)32(28,29)24-9-11-30-12-10-24/h2-8,13H,9-12H2,1H3,(H,26,27). The first kappa shape index (κ1) is 22.7. The van der Waals surface area contributed by atoms with Crippen LogP contribution >= 0.6 is 22.9 Å². The molecule has 1 fully saturated rings. The number of carboxylic acids is 1. The second kappa shape index (κ2) is 9.16. The molecule has 1 saturated heterocycles. The molecule has 1 N–H and O–H groups in total. The molecule has 0 aliphatic carbocycles. The highest BCUT2D eigenvalue weighted by Crippen LogP contribution is 2.33. The lowest BCUT2D eigenvalue weighted by molar-refractivity contribution is -0.130. The van der Waals surface area contributed by atoms with Crippen LogP contribution in [0.3, 0.4) is 0 Å². The third-order valence-electron chi connectivity index (χ3n) is 4.98. The number of rotatable bonds is 6. The Morgan fingerprint density at radius 3 is 2.53 bits per heavy atom. The van der Waals surface area contributed by atoms with Gasteiger partial charge in [0.15, 0.2) is 0 Å². The summed E-state index contributed by atoms with van der Waals surface area (Å²) in [4.78, 5) is 12.4. The summed E-state index contributed by atoms with van der Waals surface area (Å²) in [5.74, 6) is -1.19. The Morgan fingerprint density at radius 1 is 1.19 bits per heavy atom. The topological polar surface area (TPSA) is 102 Å². The molecule has 0 radical (unpaired) electrons. The van der Waals surface area contributed by atoms with E-state index >= 15 is 0 Å². The molecular weight excluding hydrogens is 474 g/mol. The highest BCUT2D eigenvalue weighted by molar-refractivity contribution is 7.91. The molecule has 1 aliphatic heterocycles. The van der Waals surface area contributed by atoms with Gasteiger partial charge in [0, 0.05) is 23.5 Å². The Kier molecular flexibility index (Phi) is 6.50. The van der Waals surface area contributed by atoms with Crippen molar-refractivity contribution in [1.82, 2.24) is 14.1 Å². The Balaban J connectivity index is 1.72. The highest BCUT2D eigenvalue weighted by Gasteiger charge is 2.29. The number of carbonyl (C=O) groups is 1. The van der Waals surface area contributed by atoms with E-state index in [1.807, 2.05) is 30.3 Å². The largest absolute Gasteiger partial charge is 0.478 e. The molecule has 4 rings (SSSR count). The van der Waals surface area contributed by atoms with E-state index in [4.69, 9.17) is 16.3 Å². The monoisotopic (exact) mass is 493 g/mol. The number of carboxylic acid groups (broad SMARTS) is 1. The number of benzene rings is 1. The second-order valence-corrected chi connectivity index (χ2v) is 10.6. The van der Waals surface area contributed by atoms with Gasteiger partial charge in [-0.3, -0.25) is 0 Å². The lowest BCUT2D eigenvalue weighted by Gasteiger charge is -2.25. The molecule has 1 aromatic carbocycles. The first-order valence-electron chi connectivity index (χ1n) is 9.72. The molecule has 0 spiro atoms. The molecular formula is C21H20ClN3O5S2. The average molecular weight is 494 g/mol. The molecule has 11 heteroatoms. The van der Waals surface area contributed by atoms with Gasteiger partial charge in [0.25, 0.3) is 10.0 Å². The molecule has 0 amide bonds. The Bertz CT molecular complexity index is 1280. The fourth-order valence-corrected chi connectivity index (χ4v) is 6.52. The summed E-state index contributed by atoms with van der Waals surface area (Å²) in [5, 5.41) is 14.5. The third-order valence-corrected chi connectivity index (χ3v) is 8.83. The van der Waals surface area contributed by atoms with Crippen LogP contribution in [0.15, 0.2) is 46.7 Å². The second-order valence-electron chi connectivity index (χ2n) is 7.04. The van der Waals surface area contributed by atoms with Gasteiger partial charge in [-0.2, -0.15) is 9.40 Å². The van der Waals surface area contributed by atoms with Crippen molar-refractivity contribution in [2.24, 2.45) is 0 Å². The van der Waals surface area contributed by atoms with E-state index < -0.39 is 16.0 Å². The van der Waals surface area contributed by atoms with Crippen LogP contribution in [-0.4, -0.2) is 59.9 Å². The van der Waals surface area contributed by atoms with E-state index in [9.17, 15) is 18.3 Å². The summed E-state index contributed by atoms with van der Waals surface area (Å²) in [6, 6.07) is 12.2. The summed E-state index contributed by atoms with van der Waals surface area (Å²) in [6.45, 7) is 2.94. The molecule has 0 unspecified atom stereocenters. The zero-order valence-electron chi connectivity index (χ0n) is 17.1. The zero-order chi connectivity index (χ0) is 22.9. The summed E-state index contributed by atoms with van der Waals surface area (Å²) in [6.07, 6.45) is 1.43. The first-order chi connectivity index (χ1) is 15.3. The molecule has 0 saturated carbocycles. The van der Waals surface area contributed by atoms with E-state index in [1.165, 1.54) is 27.2 Å². The van der Waals surface area contributed by atoms with Crippen molar-refractivity contribution < 1.29 is 23.1 Å². The van der Waals surface area contributed by atoms with Gasteiger partial charge in [-0.05, 0) is 37.3 Å². The van der Waals surface area contributed by atoms with Gasteiger partial charge in [-0.25, -0.2) is 17.9 Å². The predicted octanol–water partition coefficient (Wildman–Crippen LogP) is 3.54. The molecule has 3 aromatic rings. The third kappa shape index (κ3) is 4.37. The summed E-state index contributed by atoms with van der Waals surface area (Å²) in [7, 11) is -3.71. The van der Waals surface area contributed by atoms with Crippen LogP contribution in [0.2, 0.25) is 5.15 Å². The number of aromatic nitrogens is 2. The van der Waals surface area contributed by atoms with Crippen molar-refractivity contribution in [2.45, 2.75) is 11.1 Å². The van der Waals surface area contributed by atoms with E-state index in [0.717, 1.165) is 17.0 Å². The SMILES string of the molecule is Cc1nn(-c2ccccc2)c(Cl)c1C=C(C(=O)O)c1ccc(S(=O)(=O)N2CCOCC2)s1. The zero-order valence-corrected chi connectivity index (χ0v) is 19.5. The quantitative estimate of drug-likeness (QED) is 0.527. The van der Waals surface area contributed by atoms with E-state index in [1.54, 1.807) is 6.92 Å². The van der Waals surface area contributed by atoms with Crippen LogP contribution < -0.4 is 0 Å². The van der Waals surface area contributed by atoms with Crippen LogP contribution in [0.25, 0.3) is 17.3 Å². The first-order valence-corrected chi connectivity index (χ1v) is 12.4. The normalized spacial score (nSPS) is 15.8. The molecule has 32 heavy (non-hydrogen) atoms. The number of halogens is 1. The summed E-state index contributed by atoms with van der Waals surface area (Å²) >= 11 is 7.45. The maximum absolute atomic E-state index is 12.9. The number of sulfonamides is 1. The smallest absolute Gasteiger partial charge is 0.337 e. The van der Waals surface area contributed by atoms with Crippen molar-refractivity contribution in [2.75, 3.05) is 26.3 Å². The number of aryl methyl sites for hydroxylation is 1. The number of hydrogen-bond acceptors (Lipinski definition) is 6. The van der Waals surface area contributed by atoms with E-state index in [0.29, 0.717) is 29.3 Å². The van der Waals surface area contributed by atoms with Crippen molar-refractivity contribution in [3.8, 4) is 5.69 Å². The lowest BCUT2D eigenvalue weighted by atomic mass is 10.1. The Labute approximate surface area is 194 Å². The van der Waals surface area contributed by atoms with Crippen LogP contribution in [0.4, 0.5) is 0 Å². The van der Waals surface area contributed by atoms with E-state index in [2.05, 4.69) is 5.10 Å². The highest BCUT2D eigenvalue weighted by atomic mass is 35.5. The molecule has 3 heterocycles. The fraction of sp³-hybridized carbons (Fsp3) is 0.238. The number of morpholine rings is 1. The van der Waals surface area contributed by atoms with Gasteiger partial charge in [-0.1, -0.05) is 29.8 Å². The molecule has 1 aliphatic rings. The number of hydrogen-bond donors (Lipinski definition) is 1. The van der Waals surface area contributed by atoms with Crippen molar-refractivity contribution in [3.05, 3.63) is 63.8 Å². The fourth-order valence-electron chi connectivity index (χ4n) is 3.32. The van der Waals surface area contributed by atoms with Crippen molar-refractivity contribution in [1.29, 1.82) is 0 Å². The minimum atomic E-state index is -3.71. The van der Waals surface area contributed by atoms with Crippen LogP contribution in [0.1, 0.15) is 16.1 Å². The molecule has 8 nitrogen and oxygen atoms in total. The van der Waals surface area contributed by atoms with Crippen LogP contribution in [0.5, 0.6) is 0 Å². The van der Waals surface area contributed by atoms with Crippen molar-refractivity contribution in [3.63, 3.8) is 0 Å². The number of nitrogens with zero attached hydrogens (tertiary/aromatic N) is 3. The van der Waals surface area contributed by atoms with Gasteiger partial charge in [0.2, 0.25) is 0 Å². The Morgan fingerprint density at radius 2 is 1.88 bits per heavy atom. The molecule has 0 atom stereocenters. The van der Waals surface area contributed by atoms with Crippen LogP contribution in [-0.2, 0) is 19.6 Å². The maximum atomic E-state index is 12.9. The van der Waals surface area contributed by atoms with Crippen LogP contribution in [0, 0.1) is 6.92 Å². The lowest BCUT2D eigenvalue weighted by Crippen LogP contribution is -2.40. The number of ether oxygens (including phenoxy) is 1. The van der Waals surface area contributed by atoms with E-state index in [-0.39, 0.29) is 28.0 Å². The van der Waals surface area contributed by atoms with Gasteiger partial charge in [0.1, 0.15) is 9.36 Å². The summed E-state index contributed by atoms with van der Waals surface area (Å²) in [5.41, 5.74) is 1.69. The number of thiophene rings is 1. The average Bonchev–Trinajstić information content (AvgIpc) is 3.39. The molecule has 2 aromatic heterocycles. The minimum absolute atomic E-state index is 0.0592. The van der Waals surface area contributed by atoms with Crippen molar-refractivity contribution >= 4 is 50.6 Å². The molecule has 0 bridgehead atoms. The van der Waals surface area contributed by atoms with Gasteiger partial charge < -0.3 is 9.84 Å². The maximum Gasteiger partial charge on any atom is 0.337 e. The van der Waals surface area contributed by atoms with Gasteiger partial charge >= 0.3 is 5.97 Å². The summed E-state index contributed by atoms with van der Waals surface area (Å²) < 4.78 is 34.0. The minimum Gasteiger partial charge on any atom is -0.478 e. The number of aliphatic carboxylic acids is 1.